The Labute approximate surface area is 220 Å². The molecule has 0 fully saturated rings. The first kappa shape index (κ1) is 28.3. The van der Waals surface area contributed by atoms with Crippen LogP contribution < -0.4 is 20.1 Å². The molecule has 1 aromatic heterocycles. The second kappa shape index (κ2) is 13.9. The summed E-state index contributed by atoms with van der Waals surface area (Å²) in [4.78, 5) is 39.8. The summed E-state index contributed by atoms with van der Waals surface area (Å²) >= 11 is 0. The summed E-state index contributed by atoms with van der Waals surface area (Å²) in [5.41, 5.74) is 1.45. The summed E-state index contributed by atoms with van der Waals surface area (Å²) in [6, 6.07) is 17.7. The monoisotopic (exact) mass is 540 g/mol. The van der Waals surface area contributed by atoms with Crippen LogP contribution in [0.1, 0.15) is 39.1 Å². The summed E-state index contributed by atoms with van der Waals surface area (Å²) in [5, 5.41) is 13.7. The van der Waals surface area contributed by atoms with E-state index < -0.39 is 22.0 Å². The largest absolute Gasteiger partial charge is 0.414 e. The van der Waals surface area contributed by atoms with Gasteiger partial charge in [-0.2, -0.15) is 0 Å². The van der Waals surface area contributed by atoms with Crippen molar-refractivity contribution >= 4 is 27.9 Å². The second-order valence-electron chi connectivity index (χ2n) is 8.08. The molecule has 2 aromatic carbocycles. The van der Waals surface area contributed by atoms with Crippen LogP contribution in [0.4, 0.5) is 4.79 Å². The molecule has 3 aromatic rings. The summed E-state index contributed by atoms with van der Waals surface area (Å²) in [6.07, 6.45) is 2.86. The summed E-state index contributed by atoms with van der Waals surface area (Å²) < 4.78 is 32.0. The third-order valence-corrected chi connectivity index (χ3v) is 6.60. The maximum Gasteiger partial charge on any atom is 0.414 e. The quantitative estimate of drug-likeness (QED) is 0.254. The first-order valence-corrected chi connectivity index (χ1v) is 13.3. The van der Waals surface area contributed by atoms with Gasteiger partial charge < -0.3 is 20.5 Å². The molecule has 3 rings (SSSR count). The van der Waals surface area contributed by atoms with E-state index in [9.17, 15) is 22.8 Å². The Morgan fingerprint density at radius 1 is 0.816 bits per heavy atom. The predicted octanol–water partition coefficient (Wildman–Crippen LogP) is 2.03. The highest BCUT2D eigenvalue weighted by Gasteiger charge is 2.20. The number of carbonyl (C=O) groups excluding carboxylic acids is 3. The highest BCUT2D eigenvalue weighted by molar-refractivity contribution is 7.90. The van der Waals surface area contributed by atoms with Crippen molar-refractivity contribution in [1.29, 1.82) is 0 Å². The van der Waals surface area contributed by atoms with Crippen LogP contribution >= 0.6 is 0 Å². The molecule has 0 radical (unpaired) electrons. The van der Waals surface area contributed by atoms with Crippen LogP contribution in [0.15, 0.2) is 77.8 Å². The van der Waals surface area contributed by atoms with Crippen LogP contribution in [-0.2, 0) is 16.4 Å². The Morgan fingerprint density at radius 2 is 1.53 bits per heavy atom. The van der Waals surface area contributed by atoms with Gasteiger partial charge in [0.2, 0.25) is 5.88 Å². The fraction of sp³-hybridized carbons (Fsp3) is 0.231. The molecule has 0 saturated carbocycles. The number of amides is 3. The maximum absolute atomic E-state index is 12.6. The van der Waals surface area contributed by atoms with Crippen molar-refractivity contribution in [2.45, 2.75) is 24.2 Å². The molecule has 0 unspecified atom stereocenters. The lowest BCUT2D eigenvalue weighted by atomic mass is 10.1. The molecule has 0 bridgehead atoms. The number of aromatic nitrogens is 1. The Kier molecular flexibility index (Phi) is 10.3. The fourth-order valence-corrected chi connectivity index (χ4v) is 4.27. The number of ether oxygens (including phenoxy) is 1. The standard InChI is InChI=1S/C26H28N4O7S/c31-17-16-28-26(34)37-23-14-11-21(18-29-23)25(33)30-38(35,36)22-12-9-20(10-13-22)24(32)27-15-5-4-8-19-6-2-1-3-7-19/h1-3,6-7,9-14,18,31H,4-5,8,15-17H2,(H,27,32)(H,28,34)(H,30,33). The third kappa shape index (κ3) is 8.68. The number of pyridine rings is 1. The number of nitrogens with one attached hydrogen (secondary N) is 3. The topological polar surface area (TPSA) is 164 Å². The normalized spacial score (nSPS) is 10.9. The number of hydrogen-bond acceptors (Lipinski definition) is 8. The van der Waals surface area contributed by atoms with E-state index >= 15 is 0 Å². The number of carbonyl (C=O) groups is 3. The van der Waals surface area contributed by atoms with E-state index in [1.165, 1.54) is 42.0 Å². The number of aliphatic hydroxyl groups is 1. The Balaban J connectivity index is 1.48. The van der Waals surface area contributed by atoms with Crippen LogP contribution in [0.25, 0.3) is 0 Å². The number of unbranched alkanes of at least 4 members (excludes halogenated alkanes) is 1. The maximum atomic E-state index is 12.6. The van der Waals surface area contributed by atoms with Crippen molar-refractivity contribution in [3.05, 3.63) is 89.6 Å². The molecular formula is C26H28N4O7S. The Hall–Kier alpha value is -4.29. The minimum absolute atomic E-state index is 0.00196. The van der Waals surface area contributed by atoms with Gasteiger partial charge in [-0.3, -0.25) is 9.59 Å². The van der Waals surface area contributed by atoms with Gasteiger partial charge in [0.15, 0.2) is 0 Å². The molecule has 38 heavy (non-hydrogen) atoms. The first-order valence-electron chi connectivity index (χ1n) is 11.8. The molecule has 0 saturated heterocycles. The van der Waals surface area contributed by atoms with Crippen LogP contribution in [0.2, 0.25) is 0 Å². The molecule has 200 valence electrons. The lowest BCUT2D eigenvalue weighted by Gasteiger charge is -2.09. The molecule has 0 aliphatic rings. The zero-order valence-electron chi connectivity index (χ0n) is 20.4. The Morgan fingerprint density at radius 3 is 2.18 bits per heavy atom. The van der Waals surface area contributed by atoms with E-state index in [0.717, 1.165) is 25.5 Å². The van der Waals surface area contributed by atoms with Crippen molar-refractivity contribution < 1.29 is 32.6 Å². The van der Waals surface area contributed by atoms with E-state index in [-0.39, 0.29) is 35.4 Å². The van der Waals surface area contributed by atoms with Gasteiger partial charge in [0.25, 0.3) is 21.8 Å². The molecular weight excluding hydrogens is 512 g/mol. The predicted molar refractivity (Wildman–Crippen MR) is 138 cm³/mol. The van der Waals surface area contributed by atoms with Crippen LogP contribution in [-0.4, -0.2) is 56.1 Å². The van der Waals surface area contributed by atoms with Gasteiger partial charge in [0, 0.05) is 30.9 Å². The lowest BCUT2D eigenvalue weighted by molar-refractivity contribution is 0.0950. The molecule has 12 heteroatoms. The number of benzene rings is 2. The van der Waals surface area contributed by atoms with Crippen molar-refractivity contribution in [2.75, 3.05) is 19.7 Å². The van der Waals surface area contributed by atoms with E-state index in [2.05, 4.69) is 27.8 Å². The number of rotatable bonds is 12. The van der Waals surface area contributed by atoms with E-state index in [4.69, 9.17) is 9.84 Å². The van der Waals surface area contributed by atoms with Crippen LogP contribution in [0.5, 0.6) is 5.88 Å². The summed E-state index contributed by atoms with van der Waals surface area (Å²) in [5.74, 6) is -1.38. The van der Waals surface area contributed by atoms with Gasteiger partial charge in [0.1, 0.15) is 0 Å². The zero-order valence-corrected chi connectivity index (χ0v) is 21.2. The molecule has 0 atom stereocenters. The molecule has 0 spiro atoms. The molecule has 11 nitrogen and oxygen atoms in total. The highest BCUT2D eigenvalue weighted by atomic mass is 32.2. The molecule has 1 heterocycles. The van der Waals surface area contributed by atoms with Gasteiger partial charge in [-0.05, 0) is 55.2 Å². The first-order chi connectivity index (χ1) is 18.3. The van der Waals surface area contributed by atoms with Gasteiger partial charge in [-0.1, -0.05) is 30.3 Å². The average molecular weight is 541 g/mol. The fourth-order valence-electron chi connectivity index (χ4n) is 3.29. The van der Waals surface area contributed by atoms with E-state index in [1.807, 2.05) is 22.9 Å². The number of hydrogen-bond donors (Lipinski definition) is 4. The number of aryl methyl sites for hydroxylation is 1. The number of aliphatic hydroxyl groups excluding tert-OH is 1. The van der Waals surface area contributed by atoms with E-state index in [0.29, 0.717) is 12.1 Å². The molecule has 3 amide bonds. The van der Waals surface area contributed by atoms with Crippen molar-refractivity contribution in [2.24, 2.45) is 0 Å². The SMILES string of the molecule is O=C(NCCO)Oc1ccc(C(=O)NS(=O)(=O)c2ccc(C(=O)NCCCCc3ccccc3)cc2)cn1. The van der Waals surface area contributed by atoms with Crippen LogP contribution in [0.3, 0.4) is 0 Å². The minimum Gasteiger partial charge on any atom is -0.395 e. The third-order valence-electron chi connectivity index (χ3n) is 5.25. The summed E-state index contributed by atoms with van der Waals surface area (Å²) in [6.45, 7) is 0.229. The zero-order chi connectivity index (χ0) is 27.4. The lowest BCUT2D eigenvalue weighted by Crippen LogP contribution is -2.31. The van der Waals surface area contributed by atoms with Gasteiger partial charge in [-0.15, -0.1) is 0 Å². The minimum atomic E-state index is -4.22. The van der Waals surface area contributed by atoms with Crippen molar-refractivity contribution in [3.8, 4) is 5.88 Å². The molecule has 0 aliphatic carbocycles. The average Bonchev–Trinajstić information content (AvgIpc) is 2.92. The van der Waals surface area contributed by atoms with Crippen molar-refractivity contribution in [3.63, 3.8) is 0 Å². The van der Waals surface area contributed by atoms with Crippen LogP contribution in [0, 0.1) is 0 Å². The second-order valence-corrected chi connectivity index (χ2v) is 9.77. The van der Waals surface area contributed by atoms with Gasteiger partial charge in [-0.25, -0.2) is 22.9 Å². The van der Waals surface area contributed by atoms with E-state index in [1.54, 1.807) is 0 Å². The molecule has 0 aliphatic heterocycles. The Bertz CT molecular complexity index is 1330. The number of nitrogens with zero attached hydrogens (tertiary/aromatic N) is 1. The van der Waals surface area contributed by atoms with Crippen molar-refractivity contribution in [1.82, 2.24) is 20.3 Å². The number of sulfonamides is 1. The highest BCUT2D eigenvalue weighted by Crippen LogP contribution is 2.13. The molecule has 4 N–H and O–H groups in total. The van der Waals surface area contributed by atoms with Gasteiger partial charge >= 0.3 is 6.09 Å². The smallest absolute Gasteiger partial charge is 0.395 e. The van der Waals surface area contributed by atoms with Gasteiger partial charge in [0.05, 0.1) is 17.1 Å². The summed E-state index contributed by atoms with van der Waals surface area (Å²) in [7, 11) is -4.22.